The van der Waals surface area contributed by atoms with Crippen LogP contribution in [0, 0.1) is 11.8 Å². The molecule has 1 aromatic carbocycles. The van der Waals surface area contributed by atoms with Crippen LogP contribution in [-0.4, -0.2) is 36.5 Å². The third-order valence-electron chi connectivity index (χ3n) is 5.09. The number of anilines is 1. The number of nitrogens with two attached hydrogens (primary N) is 1. The van der Waals surface area contributed by atoms with Crippen LogP contribution in [0.25, 0.3) is 0 Å². The van der Waals surface area contributed by atoms with E-state index in [2.05, 4.69) is 10.2 Å². The van der Waals surface area contributed by atoms with Crippen LogP contribution in [0.1, 0.15) is 25.7 Å². The first-order valence-electron chi connectivity index (χ1n) is 8.26. The van der Waals surface area contributed by atoms with Crippen LogP contribution >= 0.6 is 23.2 Å². The molecule has 1 saturated carbocycles. The minimum atomic E-state index is -0.0339. The molecule has 3 unspecified atom stereocenters. The molecule has 1 heterocycles. The van der Waals surface area contributed by atoms with Crippen LogP contribution in [-0.2, 0) is 4.79 Å². The molecule has 1 amide bonds. The molecule has 6 heteroatoms. The number of hydrogen-bond donors (Lipinski definition) is 2. The molecular weight excluding hydrogens is 333 g/mol. The average Bonchev–Trinajstić information content (AvgIpc) is 2.94. The number of carbonyl (C=O) groups is 1. The molecule has 0 aromatic heterocycles. The van der Waals surface area contributed by atoms with E-state index in [1.54, 1.807) is 18.2 Å². The first kappa shape index (κ1) is 17.0. The van der Waals surface area contributed by atoms with Crippen LogP contribution in [0.15, 0.2) is 18.2 Å². The molecular formula is C17H23Cl2N3O. The maximum absolute atomic E-state index is 12.1. The van der Waals surface area contributed by atoms with Gasteiger partial charge >= 0.3 is 0 Å². The number of halogens is 2. The second-order valence-electron chi connectivity index (χ2n) is 6.70. The SMILES string of the molecule is NC1CCCC2CN(CCC(=O)Nc3cc(Cl)ccc3Cl)CC12. The van der Waals surface area contributed by atoms with Gasteiger partial charge in [-0.25, -0.2) is 0 Å². The Bertz CT molecular complexity index is 581. The van der Waals surface area contributed by atoms with Crippen molar-refractivity contribution in [2.75, 3.05) is 25.0 Å². The number of likely N-dealkylation sites (tertiary alicyclic amines) is 1. The molecule has 4 nitrogen and oxygen atoms in total. The third-order valence-corrected chi connectivity index (χ3v) is 5.65. The summed E-state index contributed by atoms with van der Waals surface area (Å²) in [5.41, 5.74) is 6.81. The van der Waals surface area contributed by atoms with Gasteiger partial charge in [-0.05, 0) is 42.9 Å². The molecule has 2 aliphatic rings. The highest BCUT2D eigenvalue weighted by atomic mass is 35.5. The predicted molar refractivity (Wildman–Crippen MR) is 95.0 cm³/mol. The number of amides is 1. The fourth-order valence-electron chi connectivity index (χ4n) is 3.86. The van der Waals surface area contributed by atoms with Gasteiger partial charge in [-0.1, -0.05) is 29.6 Å². The minimum Gasteiger partial charge on any atom is -0.327 e. The Hall–Kier alpha value is -0.810. The quantitative estimate of drug-likeness (QED) is 0.870. The number of benzene rings is 1. The van der Waals surface area contributed by atoms with E-state index in [1.807, 2.05) is 0 Å². The van der Waals surface area contributed by atoms with E-state index in [-0.39, 0.29) is 5.91 Å². The predicted octanol–water partition coefficient (Wildman–Crippen LogP) is 3.38. The van der Waals surface area contributed by atoms with Crippen molar-refractivity contribution in [1.82, 2.24) is 4.90 Å². The highest BCUT2D eigenvalue weighted by Crippen LogP contribution is 2.35. The zero-order valence-corrected chi connectivity index (χ0v) is 14.6. The Kier molecular flexibility index (Phi) is 5.47. The van der Waals surface area contributed by atoms with Gasteiger partial charge in [-0.15, -0.1) is 0 Å². The molecule has 23 heavy (non-hydrogen) atoms. The standard InChI is InChI=1S/C17H23Cl2N3O/c18-12-4-5-14(19)16(8-12)21-17(23)6-7-22-9-11-2-1-3-15(20)13(11)10-22/h4-5,8,11,13,15H,1-3,6-7,9-10,20H2,(H,21,23). The molecule has 2 fully saturated rings. The summed E-state index contributed by atoms with van der Waals surface area (Å²) in [7, 11) is 0. The largest absolute Gasteiger partial charge is 0.327 e. The topological polar surface area (TPSA) is 58.4 Å². The Labute approximate surface area is 147 Å². The Morgan fingerprint density at radius 2 is 2.13 bits per heavy atom. The summed E-state index contributed by atoms with van der Waals surface area (Å²) in [5.74, 6) is 1.28. The smallest absolute Gasteiger partial charge is 0.225 e. The molecule has 1 aromatic rings. The summed E-state index contributed by atoms with van der Waals surface area (Å²) in [6.45, 7) is 2.87. The lowest BCUT2D eigenvalue weighted by Gasteiger charge is -2.29. The van der Waals surface area contributed by atoms with E-state index in [9.17, 15) is 4.79 Å². The summed E-state index contributed by atoms with van der Waals surface area (Å²) in [4.78, 5) is 14.5. The Morgan fingerprint density at radius 1 is 1.30 bits per heavy atom. The van der Waals surface area contributed by atoms with Crippen molar-refractivity contribution < 1.29 is 4.79 Å². The number of nitrogens with zero attached hydrogens (tertiary/aromatic N) is 1. The van der Waals surface area contributed by atoms with Crippen molar-refractivity contribution in [2.24, 2.45) is 17.6 Å². The molecule has 0 radical (unpaired) electrons. The molecule has 3 rings (SSSR count). The van der Waals surface area contributed by atoms with Gasteiger partial charge in [0.05, 0.1) is 10.7 Å². The summed E-state index contributed by atoms with van der Waals surface area (Å²) in [5, 5.41) is 3.90. The minimum absolute atomic E-state index is 0.0339. The van der Waals surface area contributed by atoms with Crippen molar-refractivity contribution in [3.05, 3.63) is 28.2 Å². The molecule has 0 bridgehead atoms. The van der Waals surface area contributed by atoms with E-state index in [1.165, 1.54) is 12.8 Å². The van der Waals surface area contributed by atoms with Gasteiger partial charge in [0, 0.05) is 37.1 Å². The van der Waals surface area contributed by atoms with Crippen LogP contribution in [0.2, 0.25) is 10.0 Å². The van der Waals surface area contributed by atoms with Crippen LogP contribution < -0.4 is 11.1 Å². The van der Waals surface area contributed by atoms with Gasteiger partial charge in [-0.2, -0.15) is 0 Å². The number of carbonyl (C=O) groups excluding carboxylic acids is 1. The van der Waals surface area contributed by atoms with E-state index in [0.717, 1.165) is 26.1 Å². The van der Waals surface area contributed by atoms with Crippen LogP contribution in [0.3, 0.4) is 0 Å². The summed E-state index contributed by atoms with van der Waals surface area (Å²) < 4.78 is 0. The van der Waals surface area contributed by atoms with Gasteiger partial charge in [0.1, 0.15) is 0 Å². The normalized spacial score (nSPS) is 27.7. The zero-order valence-electron chi connectivity index (χ0n) is 13.1. The van der Waals surface area contributed by atoms with Crippen molar-refractivity contribution in [2.45, 2.75) is 31.7 Å². The van der Waals surface area contributed by atoms with Gasteiger partial charge in [0.2, 0.25) is 5.91 Å². The molecule has 3 N–H and O–H groups in total. The molecule has 126 valence electrons. The maximum Gasteiger partial charge on any atom is 0.225 e. The lowest BCUT2D eigenvalue weighted by atomic mass is 9.78. The summed E-state index contributed by atoms with van der Waals surface area (Å²) in [6.07, 6.45) is 4.11. The summed E-state index contributed by atoms with van der Waals surface area (Å²) in [6, 6.07) is 5.39. The van der Waals surface area contributed by atoms with Crippen molar-refractivity contribution in [3.63, 3.8) is 0 Å². The first-order chi connectivity index (χ1) is 11.0. The lowest BCUT2D eigenvalue weighted by molar-refractivity contribution is -0.116. The molecule has 1 saturated heterocycles. The maximum atomic E-state index is 12.1. The van der Waals surface area contributed by atoms with Gasteiger partial charge in [-0.3, -0.25) is 4.79 Å². The summed E-state index contributed by atoms with van der Waals surface area (Å²) >= 11 is 12.0. The first-order valence-corrected chi connectivity index (χ1v) is 9.01. The lowest BCUT2D eigenvalue weighted by Crippen LogP contribution is -2.38. The van der Waals surface area contributed by atoms with E-state index < -0.39 is 0 Å². The highest BCUT2D eigenvalue weighted by Gasteiger charge is 2.38. The van der Waals surface area contributed by atoms with Gasteiger partial charge < -0.3 is 16.0 Å². The number of fused-ring (bicyclic) bond motifs is 1. The van der Waals surface area contributed by atoms with Gasteiger partial charge in [0.15, 0.2) is 0 Å². The van der Waals surface area contributed by atoms with E-state index in [4.69, 9.17) is 28.9 Å². The number of hydrogen-bond acceptors (Lipinski definition) is 3. The monoisotopic (exact) mass is 355 g/mol. The number of rotatable bonds is 4. The number of nitrogens with one attached hydrogen (secondary N) is 1. The average molecular weight is 356 g/mol. The Morgan fingerprint density at radius 3 is 2.91 bits per heavy atom. The van der Waals surface area contributed by atoms with Crippen LogP contribution in [0.4, 0.5) is 5.69 Å². The fraction of sp³-hybridized carbons (Fsp3) is 0.588. The van der Waals surface area contributed by atoms with E-state index >= 15 is 0 Å². The van der Waals surface area contributed by atoms with Crippen LogP contribution in [0.5, 0.6) is 0 Å². The second-order valence-corrected chi connectivity index (χ2v) is 7.54. The molecule has 0 spiro atoms. The van der Waals surface area contributed by atoms with Crippen molar-refractivity contribution >= 4 is 34.8 Å². The fourth-order valence-corrected chi connectivity index (χ4v) is 4.19. The second kappa shape index (κ2) is 7.39. The zero-order chi connectivity index (χ0) is 16.4. The molecule has 1 aliphatic carbocycles. The Balaban J connectivity index is 1.49. The third kappa shape index (κ3) is 4.18. The van der Waals surface area contributed by atoms with Gasteiger partial charge in [0.25, 0.3) is 0 Å². The van der Waals surface area contributed by atoms with E-state index in [0.29, 0.717) is 40.0 Å². The van der Waals surface area contributed by atoms with Crippen molar-refractivity contribution in [3.8, 4) is 0 Å². The molecule has 3 atom stereocenters. The molecule has 1 aliphatic heterocycles. The van der Waals surface area contributed by atoms with Crippen molar-refractivity contribution in [1.29, 1.82) is 0 Å². The highest BCUT2D eigenvalue weighted by molar-refractivity contribution is 6.35.